The molecule has 2 amide bonds. The first-order valence-electron chi connectivity index (χ1n) is 14.5. The lowest BCUT2D eigenvalue weighted by molar-refractivity contribution is -0.142. The van der Waals surface area contributed by atoms with E-state index in [-0.39, 0.29) is 30.6 Å². The molecule has 4 aliphatic carbocycles. The fourth-order valence-corrected chi connectivity index (χ4v) is 9.13. The summed E-state index contributed by atoms with van der Waals surface area (Å²) in [7, 11) is 0. The van der Waals surface area contributed by atoms with Crippen LogP contribution in [0.15, 0.2) is 30.5 Å². The van der Waals surface area contributed by atoms with Gasteiger partial charge in [0.25, 0.3) is 5.92 Å². The number of carbonyl (C=O) groups excluding carboxylic acids is 2. The quantitative estimate of drug-likeness (QED) is 0.561. The van der Waals surface area contributed by atoms with Crippen LogP contribution < -0.4 is 0 Å². The minimum absolute atomic E-state index is 0.109. The van der Waals surface area contributed by atoms with E-state index in [1.54, 1.807) is 0 Å². The predicted molar refractivity (Wildman–Crippen MR) is 136 cm³/mol. The molecule has 3 heterocycles. The number of nitrogens with zero attached hydrogens (tertiary/aromatic N) is 2. The molecule has 8 atom stereocenters. The van der Waals surface area contributed by atoms with Gasteiger partial charge in [-0.05, 0) is 80.5 Å². The Balaban J connectivity index is 0.867. The molecule has 6 aliphatic rings. The molecule has 2 saturated heterocycles. The van der Waals surface area contributed by atoms with Crippen molar-refractivity contribution in [3.05, 3.63) is 36.0 Å². The lowest BCUT2D eigenvalue weighted by atomic mass is 9.70. The van der Waals surface area contributed by atoms with Crippen molar-refractivity contribution < 1.29 is 23.5 Å². The first kappa shape index (κ1) is 23.6. The van der Waals surface area contributed by atoms with Crippen molar-refractivity contribution in [3.63, 3.8) is 0 Å². The number of benzene rings is 1. The summed E-state index contributed by atoms with van der Waals surface area (Å²) in [6.45, 7) is 3.59. The summed E-state index contributed by atoms with van der Waals surface area (Å²) in [6.07, 6.45) is 5.95. The van der Waals surface area contributed by atoms with Crippen LogP contribution in [0.5, 0.6) is 0 Å². The molecule has 6 unspecified atom stereocenters. The Hall–Kier alpha value is -2.32. The lowest BCUT2D eigenvalue weighted by Crippen LogP contribution is -2.47. The number of H-pyrrole nitrogens is 1. The summed E-state index contributed by atoms with van der Waals surface area (Å²) in [4.78, 5) is 34.0. The fourth-order valence-electron chi connectivity index (χ4n) is 9.13. The van der Waals surface area contributed by atoms with Crippen molar-refractivity contribution in [2.24, 2.45) is 41.4 Å². The average molecular weight is 524 g/mol. The number of hydrogen-bond donors (Lipinski definition) is 2. The Kier molecular flexibility index (Phi) is 4.88. The van der Waals surface area contributed by atoms with Crippen molar-refractivity contribution >= 4 is 22.7 Å². The second-order valence-electron chi connectivity index (χ2n) is 13.3. The van der Waals surface area contributed by atoms with Gasteiger partial charge in [0.05, 0.1) is 23.4 Å². The van der Waals surface area contributed by atoms with Gasteiger partial charge < -0.3 is 15.0 Å². The van der Waals surface area contributed by atoms with Gasteiger partial charge in [0.15, 0.2) is 0 Å². The molecular weight excluding hydrogens is 488 g/mol. The van der Waals surface area contributed by atoms with Crippen LogP contribution in [0.3, 0.4) is 0 Å². The number of fused-ring (bicyclic) bond motifs is 6. The molecule has 2 bridgehead atoms. The Morgan fingerprint density at radius 2 is 1.68 bits per heavy atom. The normalized spacial score (nSPS) is 41.9. The van der Waals surface area contributed by atoms with Gasteiger partial charge in [-0.15, -0.1) is 0 Å². The molecule has 2 aliphatic heterocycles. The van der Waals surface area contributed by atoms with Crippen LogP contribution in [-0.4, -0.2) is 69.4 Å². The van der Waals surface area contributed by atoms with Gasteiger partial charge in [0, 0.05) is 42.5 Å². The zero-order valence-corrected chi connectivity index (χ0v) is 21.5. The number of imide groups is 1. The van der Waals surface area contributed by atoms with Crippen LogP contribution in [0.25, 0.3) is 10.9 Å². The zero-order chi connectivity index (χ0) is 26.0. The van der Waals surface area contributed by atoms with Crippen molar-refractivity contribution in [1.29, 1.82) is 0 Å². The minimum Gasteiger partial charge on any atom is -0.389 e. The number of para-hydroxylation sites is 1. The number of carbonyl (C=O) groups is 2. The highest BCUT2D eigenvalue weighted by Crippen LogP contribution is 2.69. The number of hydrogen-bond acceptors (Lipinski definition) is 4. The topological polar surface area (TPSA) is 76.6 Å². The summed E-state index contributed by atoms with van der Waals surface area (Å²) in [6, 6.07) is 8.49. The second-order valence-corrected chi connectivity index (χ2v) is 13.3. The van der Waals surface area contributed by atoms with E-state index in [2.05, 4.69) is 40.3 Å². The van der Waals surface area contributed by atoms with E-state index >= 15 is 0 Å². The maximum Gasteiger partial charge on any atom is 0.254 e. The lowest BCUT2D eigenvalue weighted by Gasteiger charge is -2.37. The number of aliphatic hydroxyl groups is 1. The summed E-state index contributed by atoms with van der Waals surface area (Å²) in [5.41, 5.74) is 1.14. The number of nitrogens with one attached hydrogen (secondary N) is 1. The van der Waals surface area contributed by atoms with Gasteiger partial charge in [-0.1, -0.05) is 18.2 Å². The van der Waals surface area contributed by atoms with E-state index in [1.807, 2.05) is 0 Å². The molecule has 0 spiro atoms. The third-order valence-corrected chi connectivity index (χ3v) is 11.3. The molecule has 4 saturated carbocycles. The molecule has 2 aromatic rings. The van der Waals surface area contributed by atoms with Gasteiger partial charge >= 0.3 is 0 Å². The van der Waals surface area contributed by atoms with E-state index in [1.165, 1.54) is 21.4 Å². The van der Waals surface area contributed by atoms with Crippen molar-refractivity contribution in [2.45, 2.75) is 56.0 Å². The van der Waals surface area contributed by atoms with E-state index in [0.29, 0.717) is 30.7 Å². The van der Waals surface area contributed by atoms with Crippen LogP contribution in [0, 0.1) is 41.4 Å². The molecule has 1 aromatic carbocycles. The Labute approximate surface area is 220 Å². The first-order valence-corrected chi connectivity index (χ1v) is 14.5. The van der Waals surface area contributed by atoms with Crippen LogP contribution in [0.2, 0.25) is 0 Å². The number of halogens is 2. The van der Waals surface area contributed by atoms with E-state index in [0.717, 1.165) is 38.9 Å². The highest BCUT2D eigenvalue weighted by atomic mass is 19.3. The summed E-state index contributed by atoms with van der Waals surface area (Å²) < 4.78 is 27.7. The number of rotatable bonds is 6. The zero-order valence-electron chi connectivity index (χ0n) is 21.5. The van der Waals surface area contributed by atoms with E-state index < -0.39 is 35.2 Å². The molecule has 202 valence electrons. The van der Waals surface area contributed by atoms with Gasteiger partial charge in [-0.2, -0.15) is 0 Å². The number of piperidine rings is 1. The molecular formula is C30H35F2N3O3. The van der Waals surface area contributed by atoms with Gasteiger partial charge in [0.2, 0.25) is 11.8 Å². The minimum atomic E-state index is -2.83. The Bertz CT molecular complexity index is 1320. The third-order valence-electron chi connectivity index (χ3n) is 11.3. The van der Waals surface area contributed by atoms with Crippen LogP contribution >= 0.6 is 0 Å². The molecule has 8 heteroatoms. The molecule has 0 radical (unpaired) electrons. The molecule has 38 heavy (non-hydrogen) atoms. The average Bonchev–Trinajstić information content (AvgIpc) is 3.51. The van der Waals surface area contributed by atoms with Gasteiger partial charge in [-0.25, -0.2) is 8.78 Å². The van der Waals surface area contributed by atoms with Gasteiger partial charge in [0.1, 0.15) is 0 Å². The van der Waals surface area contributed by atoms with Crippen LogP contribution in [0.1, 0.15) is 50.0 Å². The Morgan fingerprint density at radius 1 is 0.974 bits per heavy atom. The summed E-state index contributed by atoms with van der Waals surface area (Å²) in [5, 5.41) is 12.5. The van der Waals surface area contributed by atoms with Gasteiger partial charge in [-0.3, -0.25) is 14.5 Å². The maximum absolute atomic E-state index is 13.9. The van der Waals surface area contributed by atoms with Crippen LogP contribution in [-0.2, 0) is 9.59 Å². The molecule has 2 N–H and O–H groups in total. The highest BCUT2D eigenvalue weighted by molar-refractivity contribution is 6.06. The van der Waals surface area contributed by atoms with Crippen molar-refractivity contribution in [2.75, 3.05) is 26.2 Å². The number of amides is 2. The smallest absolute Gasteiger partial charge is 0.254 e. The SMILES string of the molecule is O=C1C2C3CC(C2C(=O)N1C[C@H]1C[C@@H]1CN1CCC(c2c[nH]c4ccccc24)CC1)C(O)(C1CC1(F)F)C3. The van der Waals surface area contributed by atoms with Crippen molar-refractivity contribution in [3.8, 4) is 0 Å². The van der Waals surface area contributed by atoms with Crippen LogP contribution in [0.4, 0.5) is 8.78 Å². The number of likely N-dealkylation sites (tertiary alicyclic amines) is 2. The highest BCUT2D eigenvalue weighted by Gasteiger charge is 2.76. The second kappa shape index (κ2) is 7.87. The molecule has 1 aromatic heterocycles. The number of aromatic nitrogens is 1. The molecule has 6 nitrogen and oxygen atoms in total. The third kappa shape index (κ3) is 3.35. The number of alkyl halides is 2. The summed E-state index contributed by atoms with van der Waals surface area (Å²) >= 11 is 0. The largest absolute Gasteiger partial charge is 0.389 e. The first-order chi connectivity index (χ1) is 18.2. The number of aromatic amines is 1. The monoisotopic (exact) mass is 523 g/mol. The Morgan fingerprint density at radius 3 is 2.45 bits per heavy atom. The standard InChI is InChI=1S/C30H35F2N3O3/c31-30(32)12-24(30)29(38)11-17-10-22(29)26-25(17)27(36)35(28(26)37)15-19-9-18(19)14-34-7-5-16(6-8-34)21-13-33-23-4-2-1-3-20(21)23/h1-4,13,16-19,22,24-26,33,38H,5-12,14-15H2/t17?,18-,19-,22?,24?,25?,26?,29?/m1/s1. The fraction of sp³-hybridized carbons (Fsp3) is 0.667. The predicted octanol–water partition coefficient (Wildman–Crippen LogP) is 4.01. The summed E-state index contributed by atoms with van der Waals surface area (Å²) in [5.74, 6) is -4.42. The van der Waals surface area contributed by atoms with Crippen molar-refractivity contribution in [1.82, 2.24) is 14.8 Å². The molecule has 8 rings (SSSR count). The molecule has 6 fully saturated rings. The van der Waals surface area contributed by atoms with E-state index in [9.17, 15) is 23.5 Å². The van der Waals surface area contributed by atoms with E-state index in [4.69, 9.17) is 0 Å². The maximum atomic E-state index is 13.9.